The van der Waals surface area contributed by atoms with Gasteiger partial charge in [-0.25, -0.2) is 4.79 Å². The number of hydrogen-bond donors (Lipinski definition) is 5. The maximum Gasteiger partial charge on any atom is 0.326 e. The lowest BCUT2D eigenvalue weighted by molar-refractivity contribution is -0.142. The molecular formula is C17H30N4O5. The molecule has 9 nitrogen and oxygen atoms in total. The molecule has 3 amide bonds. The molecule has 1 aliphatic rings. The average molecular weight is 370 g/mol. The Labute approximate surface area is 153 Å². The van der Waals surface area contributed by atoms with Gasteiger partial charge in [-0.2, -0.15) is 0 Å². The van der Waals surface area contributed by atoms with Crippen LogP contribution in [0.25, 0.3) is 0 Å². The topological polar surface area (TPSA) is 151 Å². The molecule has 1 aliphatic heterocycles. The first-order valence-corrected chi connectivity index (χ1v) is 9.13. The van der Waals surface area contributed by atoms with E-state index in [0.717, 1.165) is 0 Å². The van der Waals surface area contributed by atoms with Crippen LogP contribution < -0.4 is 21.7 Å². The SMILES string of the molecule is CC[C@H](C)[C@H](NC(=O)[C@@H]1CCC(=O)N1)C(=O)N[C@@H](CCCCN)C(=O)O. The molecule has 1 heterocycles. The van der Waals surface area contributed by atoms with Crippen LogP contribution in [0, 0.1) is 5.92 Å². The van der Waals surface area contributed by atoms with Crippen molar-refractivity contribution < 1.29 is 24.3 Å². The number of nitrogens with two attached hydrogens (primary N) is 1. The summed E-state index contributed by atoms with van der Waals surface area (Å²) < 4.78 is 0. The second kappa shape index (κ2) is 10.7. The lowest BCUT2D eigenvalue weighted by Gasteiger charge is -2.26. The zero-order valence-electron chi connectivity index (χ0n) is 15.4. The van der Waals surface area contributed by atoms with Crippen molar-refractivity contribution in [3.63, 3.8) is 0 Å². The Morgan fingerprint density at radius 1 is 1.31 bits per heavy atom. The van der Waals surface area contributed by atoms with E-state index in [1.54, 1.807) is 0 Å². The van der Waals surface area contributed by atoms with Crippen LogP contribution in [0.2, 0.25) is 0 Å². The highest BCUT2D eigenvalue weighted by atomic mass is 16.4. The van der Waals surface area contributed by atoms with Crippen molar-refractivity contribution in [2.45, 2.75) is 70.5 Å². The Morgan fingerprint density at radius 2 is 2.00 bits per heavy atom. The van der Waals surface area contributed by atoms with Crippen LogP contribution in [-0.2, 0) is 19.2 Å². The number of hydrogen-bond acceptors (Lipinski definition) is 5. The van der Waals surface area contributed by atoms with Crippen molar-refractivity contribution in [3.8, 4) is 0 Å². The predicted molar refractivity (Wildman–Crippen MR) is 95.0 cm³/mol. The summed E-state index contributed by atoms with van der Waals surface area (Å²) in [4.78, 5) is 47.6. The van der Waals surface area contributed by atoms with Crippen LogP contribution in [0.1, 0.15) is 52.4 Å². The smallest absolute Gasteiger partial charge is 0.326 e. The molecule has 0 spiro atoms. The van der Waals surface area contributed by atoms with Crippen LogP contribution in [0.5, 0.6) is 0 Å². The summed E-state index contributed by atoms with van der Waals surface area (Å²) in [6.07, 6.45) is 2.82. The monoisotopic (exact) mass is 370 g/mol. The van der Waals surface area contributed by atoms with Gasteiger partial charge in [0, 0.05) is 6.42 Å². The van der Waals surface area contributed by atoms with Crippen molar-refractivity contribution >= 4 is 23.7 Å². The zero-order chi connectivity index (χ0) is 19.7. The van der Waals surface area contributed by atoms with E-state index < -0.39 is 35.9 Å². The summed E-state index contributed by atoms with van der Waals surface area (Å²) in [6, 6.07) is -2.54. The summed E-state index contributed by atoms with van der Waals surface area (Å²) in [6.45, 7) is 4.14. The maximum absolute atomic E-state index is 12.6. The van der Waals surface area contributed by atoms with Crippen LogP contribution in [0.3, 0.4) is 0 Å². The number of rotatable bonds is 11. The van der Waals surface area contributed by atoms with Gasteiger partial charge in [0.25, 0.3) is 0 Å². The molecule has 1 fully saturated rings. The van der Waals surface area contributed by atoms with E-state index in [1.807, 2.05) is 13.8 Å². The fourth-order valence-electron chi connectivity index (χ4n) is 2.78. The Morgan fingerprint density at radius 3 is 2.50 bits per heavy atom. The standard InChI is InChI=1S/C17H30N4O5/c1-3-10(2)14(21-15(23)11-7-8-13(22)19-11)16(24)20-12(17(25)26)6-4-5-9-18/h10-12,14H,3-9,18H2,1-2H3,(H,19,22)(H,20,24)(H,21,23)(H,25,26)/t10-,11-,12-,14-/m0/s1. The number of carbonyl (C=O) groups excluding carboxylic acids is 3. The largest absolute Gasteiger partial charge is 0.480 e. The van der Waals surface area contributed by atoms with Crippen molar-refractivity contribution in [2.24, 2.45) is 11.7 Å². The fourth-order valence-corrected chi connectivity index (χ4v) is 2.78. The van der Waals surface area contributed by atoms with Crippen LogP contribution in [-0.4, -0.2) is 53.5 Å². The van der Waals surface area contributed by atoms with Crippen molar-refractivity contribution in [2.75, 3.05) is 6.54 Å². The van der Waals surface area contributed by atoms with E-state index in [0.29, 0.717) is 32.2 Å². The van der Waals surface area contributed by atoms with Crippen LogP contribution in [0.15, 0.2) is 0 Å². The van der Waals surface area contributed by atoms with Crippen molar-refractivity contribution in [3.05, 3.63) is 0 Å². The predicted octanol–water partition coefficient (Wildman–Crippen LogP) is -0.506. The molecule has 0 saturated carbocycles. The fraction of sp³-hybridized carbons (Fsp3) is 0.765. The highest BCUT2D eigenvalue weighted by Gasteiger charge is 2.33. The van der Waals surface area contributed by atoms with Gasteiger partial charge in [0.2, 0.25) is 17.7 Å². The maximum atomic E-state index is 12.6. The van der Waals surface area contributed by atoms with Gasteiger partial charge in [-0.1, -0.05) is 20.3 Å². The Balaban J connectivity index is 2.73. The molecule has 1 rings (SSSR count). The molecule has 0 unspecified atom stereocenters. The number of carboxylic acid groups (broad SMARTS) is 1. The third-order valence-corrected chi connectivity index (χ3v) is 4.67. The summed E-state index contributed by atoms with van der Waals surface area (Å²) in [7, 11) is 0. The van der Waals surface area contributed by atoms with Crippen molar-refractivity contribution in [1.29, 1.82) is 0 Å². The summed E-state index contributed by atoms with van der Waals surface area (Å²) in [5.41, 5.74) is 5.41. The summed E-state index contributed by atoms with van der Waals surface area (Å²) in [5, 5.41) is 17.0. The number of carboxylic acids is 1. The van der Waals surface area contributed by atoms with E-state index in [-0.39, 0.29) is 24.7 Å². The molecule has 0 aromatic carbocycles. The Kier molecular flexibility index (Phi) is 9.04. The van der Waals surface area contributed by atoms with Gasteiger partial charge in [-0.05, 0) is 38.1 Å². The van der Waals surface area contributed by atoms with Gasteiger partial charge < -0.3 is 26.8 Å². The first-order chi connectivity index (χ1) is 12.3. The molecule has 0 bridgehead atoms. The van der Waals surface area contributed by atoms with E-state index in [1.165, 1.54) is 0 Å². The minimum Gasteiger partial charge on any atom is -0.480 e. The minimum atomic E-state index is -1.12. The number of carbonyl (C=O) groups is 4. The molecule has 148 valence electrons. The third-order valence-electron chi connectivity index (χ3n) is 4.67. The number of aliphatic carboxylic acids is 1. The first kappa shape index (κ1) is 21.9. The normalized spacial score (nSPS) is 20.0. The van der Waals surface area contributed by atoms with Gasteiger partial charge in [-0.3, -0.25) is 14.4 Å². The van der Waals surface area contributed by atoms with Gasteiger partial charge in [-0.15, -0.1) is 0 Å². The quantitative estimate of drug-likeness (QED) is 0.309. The lowest BCUT2D eigenvalue weighted by Crippen LogP contribution is -2.56. The minimum absolute atomic E-state index is 0.186. The van der Waals surface area contributed by atoms with Gasteiger partial charge in [0.1, 0.15) is 18.1 Å². The average Bonchev–Trinajstić information content (AvgIpc) is 3.04. The molecular weight excluding hydrogens is 340 g/mol. The molecule has 6 N–H and O–H groups in total. The van der Waals surface area contributed by atoms with Gasteiger partial charge >= 0.3 is 5.97 Å². The highest BCUT2D eigenvalue weighted by molar-refractivity contribution is 5.95. The summed E-state index contributed by atoms with van der Waals surface area (Å²) in [5.74, 6) is -2.45. The van der Waals surface area contributed by atoms with E-state index in [2.05, 4.69) is 16.0 Å². The first-order valence-electron chi connectivity index (χ1n) is 9.13. The Bertz CT molecular complexity index is 525. The number of amides is 3. The molecule has 0 aromatic rings. The van der Waals surface area contributed by atoms with Gasteiger partial charge in [0.15, 0.2) is 0 Å². The Hall–Kier alpha value is -2.16. The van der Waals surface area contributed by atoms with E-state index in [4.69, 9.17) is 5.73 Å². The molecule has 0 aliphatic carbocycles. The van der Waals surface area contributed by atoms with Crippen molar-refractivity contribution in [1.82, 2.24) is 16.0 Å². The van der Waals surface area contributed by atoms with Crippen LogP contribution in [0.4, 0.5) is 0 Å². The highest BCUT2D eigenvalue weighted by Crippen LogP contribution is 2.12. The molecule has 26 heavy (non-hydrogen) atoms. The molecule has 9 heteroatoms. The number of unbranched alkanes of at least 4 members (excludes halogenated alkanes) is 1. The van der Waals surface area contributed by atoms with E-state index in [9.17, 15) is 24.3 Å². The molecule has 0 radical (unpaired) electrons. The molecule has 0 aromatic heterocycles. The van der Waals surface area contributed by atoms with E-state index >= 15 is 0 Å². The number of nitrogens with one attached hydrogen (secondary N) is 3. The third kappa shape index (κ3) is 6.62. The van der Waals surface area contributed by atoms with Gasteiger partial charge in [0.05, 0.1) is 0 Å². The zero-order valence-corrected chi connectivity index (χ0v) is 15.4. The molecule has 4 atom stereocenters. The lowest BCUT2D eigenvalue weighted by atomic mass is 9.97. The van der Waals surface area contributed by atoms with Crippen LogP contribution >= 0.6 is 0 Å². The molecule has 1 saturated heterocycles. The second-order valence-electron chi connectivity index (χ2n) is 6.71. The summed E-state index contributed by atoms with van der Waals surface area (Å²) >= 11 is 0. The second-order valence-corrected chi connectivity index (χ2v) is 6.71.